The highest BCUT2D eigenvalue weighted by molar-refractivity contribution is 5.80. The Morgan fingerprint density at radius 2 is 1.70 bits per heavy atom. The zero-order chi connectivity index (χ0) is 18.8. The van der Waals surface area contributed by atoms with E-state index in [1.807, 2.05) is 24.3 Å². The fourth-order valence-electron chi connectivity index (χ4n) is 4.09. The lowest BCUT2D eigenvalue weighted by molar-refractivity contribution is -0.131. The first kappa shape index (κ1) is 17.3. The van der Waals surface area contributed by atoms with Crippen LogP contribution in [0.25, 0.3) is 11.1 Å². The van der Waals surface area contributed by atoms with Gasteiger partial charge in [0, 0.05) is 18.5 Å². The maximum absolute atomic E-state index is 12.6. The molecule has 0 radical (unpaired) electrons. The highest BCUT2D eigenvalue weighted by atomic mass is 16.6. The second-order valence-corrected chi connectivity index (χ2v) is 6.90. The fourth-order valence-corrected chi connectivity index (χ4v) is 4.09. The van der Waals surface area contributed by atoms with Crippen molar-refractivity contribution in [3.05, 3.63) is 71.8 Å². The Morgan fingerprint density at radius 3 is 2.33 bits per heavy atom. The number of rotatable bonds is 4. The number of nitrogens with zero attached hydrogens (tertiary/aromatic N) is 1. The number of fused-ring (bicyclic) bond motifs is 3. The molecule has 0 bridgehead atoms. The van der Waals surface area contributed by atoms with E-state index in [4.69, 9.17) is 9.84 Å². The molecule has 1 heterocycles. The Bertz CT molecular complexity index is 859. The Hall–Kier alpha value is -3.08. The van der Waals surface area contributed by atoms with Crippen molar-refractivity contribution in [2.24, 2.45) is 0 Å². The van der Waals surface area contributed by atoms with Gasteiger partial charge in [0.2, 0.25) is 0 Å². The van der Waals surface area contributed by atoms with Gasteiger partial charge in [-0.1, -0.05) is 54.6 Å². The topological polar surface area (TPSA) is 66.8 Å². The third-order valence-corrected chi connectivity index (χ3v) is 5.33. The van der Waals surface area contributed by atoms with Gasteiger partial charge in [-0.25, -0.2) is 9.59 Å². The minimum Gasteiger partial charge on any atom is -0.478 e. The van der Waals surface area contributed by atoms with E-state index in [2.05, 4.69) is 24.3 Å². The summed E-state index contributed by atoms with van der Waals surface area (Å²) in [6, 6.07) is 16.2. The summed E-state index contributed by atoms with van der Waals surface area (Å²) in [4.78, 5) is 25.0. The summed E-state index contributed by atoms with van der Waals surface area (Å²) in [5.74, 6) is -0.980. The number of hydrogen-bond donors (Lipinski definition) is 1. The number of hydrogen-bond acceptors (Lipinski definition) is 3. The monoisotopic (exact) mass is 363 g/mol. The van der Waals surface area contributed by atoms with E-state index in [1.165, 1.54) is 22.3 Å². The van der Waals surface area contributed by atoms with Crippen molar-refractivity contribution in [1.82, 2.24) is 4.90 Å². The van der Waals surface area contributed by atoms with Gasteiger partial charge >= 0.3 is 12.1 Å². The van der Waals surface area contributed by atoms with E-state index >= 15 is 0 Å². The molecular weight excluding hydrogens is 342 g/mol. The van der Waals surface area contributed by atoms with Crippen LogP contribution in [0.2, 0.25) is 0 Å². The first-order valence-electron chi connectivity index (χ1n) is 9.18. The van der Waals surface area contributed by atoms with Gasteiger partial charge < -0.3 is 14.7 Å². The first-order valence-corrected chi connectivity index (χ1v) is 9.18. The highest BCUT2D eigenvalue weighted by Crippen LogP contribution is 2.44. The SMILES string of the molecule is O=C(O)/C=C/C1CCCN1C(=O)OCC1c2ccccc2-c2ccccc21. The van der Waals surface area contributed by atoms with Crippen LogP contribution in [0.4, 0.5) is 4.79 Å². The average Bonchev–Trinajstić information content (AvgIpc) is 3.27. The molecule has 1 fully saturated rings. The standard InChI is InChI=1S/C22H21NO4/c24-21(25)12-11-15-6-5-13-23(15)22(26)27-14-20-18-9-3-1-7-16(18)17-8-2-4-10-19(17)20/h1-4,7-12,15,20H,5-6,13-14H2,(H,24,25)/b12-11+. The van der Waals surface area contributed by atoms with Gasteiger partial charge in [-0.05, 0) is 35.1 Å². The number of benzene rings is 2. The highest BCUT2D eigenvalue weighted by Gasteiger charge is 2.32. The van der Waals surface area contributed by atoms with E-state index in [0.717, 1.165) is 18.9 Å². The summed E-state index contributed by atoms with van der Waals surface area (Å²) in [5, 5.41) is 8.81. The summed E-state index contributed by atoms with van der Waals surface area (Å²) in [6.07, 6.45) is 3.89. The molecule has 5 nitrogen and oxygen atoms in total. The van der Waals surface area contributed by atoms with Crippen LogP contribution in [0.5, 0.6) is 0 Å². The van der Waals surface area contributed by atoms with Crippen LogP contribution in [0, 0.1) is 0 Å². The normalized spacial score (nSPS) is 18.5. The van der Waals surface area contributed by atoms with Gasteiger partial charge in [-0.3, -0.25) is 0 Å². The number of carbonyl (C=O) groups is 2. The third kappa shape index (κ3) is 3.33. The number of amides is 1. The zero-order valence-corrected chi connectivity index (χ0v) is 14.9. The lowest BCUT2D eigenvalue weighted by atomic mass is 9.98. The Morgan fingerprint density at radius 1 is 1.07 bits per heavy atom. The van der Waals surface area contributed by atoms with E-state index in [0.29, 0.717) is 6.54 Å². The molecule has 1 N–H and O–H groups in total. The van der Waals surface area contributed by atoms with Crippen LogP contribution in [0.1, 0.15) is 29.9 Å². The number of aliphatic carboxylic acids is 1. The van der Waals surface area contributed by atoms with Gasteiger partial charge in [-0.15, -0.1) is 0 Å². The van der Waals surface area contributed by atoms with Crippen molar-refractivity contribution in [2.75, 3.05) is 13.2 Å². The van der Waals surface area contributed by atoms with E-state index in [1.54, 1.807) is 11.0 Å². The van der Waals surface area contributed by atoms with Crippen molar-refractivity contribution in [3.8, 4) is 11.1 Å². The molecule has 1 atom stereocenters. The molecule has 2 aromatic carbocycles. The Kier molecular flexibility index (Phi) is 4.67. The fraction of sp³-hybridized carbons (Fsp3) is 0.273. The third-order valence-electron chi connectivity index (χ3n) is 5.33. The molecular formula is C22H21NO4. The predicted octanol–water partition coefficient (Wildman–Crippen LogP) is 4.04. The van der Waals surface area contributed by atoms with E-state index in [-0.39, 0.29) is 24.7 Å². The molecule has 2 aliphatic rings. The molecule has 2 aromatic rings. The van der Waals surface area contributed by atoms with Crippen LogP contribution >= 0.6 is 0 Å². The van der Waals surface area contributed by atoms with Crippen molar-refractivity contribution in [1.29, 1.82) is 0 Å². The van der Waals surface area contributed by atoms with Crippen LogP contribution in [0.3, 0.4) is 0 Å². The van der Waals surface area contributed by atoms with Crippen LogP contribution in [-0.2, 0) is 9.53 Å². The van der Waals surface area contributed by atoms with Crippen molar-refractivity contribution in [2.45, 2.75) is 24.8 Å². The van der Waals surface area contributed by atoms with E-state index in [9.17, 15) is 9.59 Å². The molecule has 5 heteroatoms. The zero-order valence-electron chi connectivity index (χ0n) is 14.9. The van der Waals surface area contributed by atoms with Gasteiger partial charge in [-0.2, -0.15) is 0 Å². The number of likely N-dealkylation sites (tertiary alicyclic amines) is 1. The number of carbonyl (C=O) groups excluding carboxylic acids is 1. The minimum absolute atomic E-state index is 0.0250. The molecule has 1 amide bonds. The van der Waals surface area contributed by atoms with Crippen LogP contribution in [0.15, 0.2) is 60.7 Å². The largest absolute Gasteiger partial charge is 0.478 e. The van der Waals surface area contributed by atoms with Crippen molar-refractivity contribution in [3.63, 3.8) is 0 Å². The maximum atomic E-state index is 12.6. The molecule has 0 aromatic heterocycles. The van der Waals surface area contributed by atoms with E-state index < -0.39 is 5.97 Å². The van der Waals surface area contributed by atoms with Gasteiger partial charge in [0.15, 0.2) is 0 Å². The van der Waals surface area contributed by atoms with Crippen molar-refractivity contribution < 1.29 is 19.4 Å². The lowest BCUT2D eigenvalue weighted by Gasteiger charge is -2.23. The lowest BCUT2D eigenvalue weighted by Crippen LogP contribution is -2.35. The molecule has 0 spiro atoms. The summed E-state index contributed by atoms with van der Waals surface area (Å²) >= 11 is 0. The predicted molar refractivity (Wildman–Crippen MR) is 102 cm³/mol. The summed E-state index contributed by atoms with van der Waals surface area (Å²) < 4.78 is 5.67. The smallest absolute Gasteiger partial charge is 0.410 e. The summed E-state index contributed by atoms with van der Waals surface area (Å²) in [7, 11) is 0. The second-order valence-electron chi connectivity index (χ2n) is 6.90. The molecule has 27 heavy (non-hydrogen) atoms. The second kappa shape index (κ2) is 7.27. The Labute approximate surface area is 157 Å². The molecule has 0 saturated carbocycles. The van der Waals surface area contributed by atoms with Gasteiger partial charge in [0.25, 0.3) is 0 Å². The summed E-state index contributed by atoms with van der Waals surface area (Å²) in [5.41, 5.74) is 4.74. The number of ether oxygens (including phenoxy) is 1. The van der Waals surface area contributed by atoms with Crippen LogP contribution in [-0.4, -0.2) is 41.3 Å². The Balaban J connectivity index is 1.49. The maximum Gasteiger partial charge on any atom is 0.410 e. The minimum atomic E-state index is -1.01. The quantitative estimate of drug-likeness (QED) is 0.833. The molecule has 1 unspecified atom stereocenters. The molecule has 1 saturated heterocycles. The number of carboxylic acid groups (broad SMARTS) is 1. The van der Waals surface area contributed by atoms with Gasteiger partial charge in [0.05, 0.1) is 6.04 Å². The first-order chi connectivity index (χ1) is 13.1. The van der Waals surface area contributed by atoms with Crippen molar-refractivity contribution >= 4 is 12.1 Å². The molecule has 1 aliphatic carbocycles. The average molecular weight is 363 g/mol. The number of carboxylic acids is 1. The molecule has 1 aliphatic heterocycles. The van der Waals surface area contributed by atoms with Crippen LogP contribution < -0.4 is 0 Å². The molecule has 138 valence electrons. The van der Waals surface area contributed by atoms with Gasteiger partial charge in [0.1, 0.15) is 6.61 Å². The molecule has 4 rings (SSSR count). The summed E-state index contributed by atoms with van der Waals surface area (Å²) in [6.45, 7) is 0.865.